The fourth-order valence-electron chi connectivity index (χ4n) is 1.17. The molecule has 90 valence electrons. The van der Waals surface area contributed by atoms with Crippen LogP contribution in [0.1, 0.15) is 13.8 Å². The van der Waals surface area contributed by atoms with Crippen LogP contribution in [0, 0.1) is 0 Å². The minimum absolute atomic E-state index is 0.158. The Bertz CT molecular complexity index is 463. The maximum absolute atomic E-state index is 12.1. The van der Waals surface area contributed by atoms with Crippen molar-refractivity contribution < 1.29 is 18.3 Å². The average molecular weight is 244 g/mol. The Kier molecular flexibility index (Phi) is 3.60. The third-order valence-corrected chi connectivity index (χ3v) is 4.92. The molecule has 5 heteroatoms. The number of hydrogen-bond donors (Lipinski definition) is 1. The maximum Gasteiger partial charge on any atom is 0.185 e. The van der Waals surface area contributed by atoms with E-state index in [2.05, 4.69) is 0 Å². The van der Waals surface area contributed by atoms with Gasteiger partial charge in [0.1, 0.15) is 5.75 Å². The minimum atomic E-state index is -3.55. The van der Waals surface area contributed by atoms with Crippen LogP contribution in [0.2, 0.25) is 0 Å². The van der Waals surface area contributed by atoms with Crippen molar-refractivity contribution in [3.05, 3.63) is 24.3 Å². The summed E-state index contributed by atoms with van der Waals surface area (Å²) in [5.41, 5.74) is 0. The summed E-state index contributed by atoms with van der Waals surface area (Å²) in [6, 6.07) is 6.23. The highest BCUT2D eigenvalue weighted by Gasteiger charge is 2.35. The summed E-state index contributed by atoms with van der Waals surface area (Å²) >= 11 is 0. The molecule has 0 heterocycles. The van der Waals surface area contributed by atoms with Crippen molar-refractivity contribution in [1.29, 1.82) is 0 Å². The molecule has 0 aromatic heterocycles. The molecule has 0 saturated carbocycles. The number of rotatable bonds is 4. The second kappa shape index (κ2) is 4.43. The molecule has 0 aliphatic carbocycles. The Hall–Kier alpha value is -1.07. The summed E-state index contributed by atoms with van der Waals surface area (Å²) < 4.78 is 28.0. The molecule has 16 heavy (non-hydrogen) atoms. The molecule has 4 nitrogen and oxygen atoms in total. The van der Waals surface area contributed by atoms with Crippen molar-refractivity contribution in [2.75, 3.05) is 13.7 Å². The lowest BCUT2D eigenvalue weighted by molar-refractivity contribution is 0.258. The summed E-state index contributed by atoms with van der Waals surface area (Å²) in [4.78, 5) is 0.158. The van der Waals surface area contributed by atoms with Gasteiger partial charge in [0.2, 0.25) is 0 Å². The standard InChI is InChI=1S/C11H16O4S/c1-11(2,8-12)16(13,14)10-6-4-5-9(7-10)15-3/h4-7,12H,8H2,1-3H3. The molecule has 0 unspecified atom stereocenters. The van der Waals surface area contributed by atoms with Crippen molar-refractivity contribution in [2.45, 2.75) is 23.5 Å². The van der Waals surface area contributed by atoms with E-state index in [1.54, 1.807) is 12.1 Å². The lowest BCUT2D eigenvalue weighted by Crippen LogP contribution is -2.35. The molecule has 0 amide bonds. The Morgan fingerprint density at radius 3 is 2.50 bits per heavy atom. The summed E-state index contributed by atoms with van der Waals surface area (Å²) in [7, 11) is -2.08. The van der Waals surface area contributed by atoms with Crippen molar-refractivity contribution in [2.24, 2.45) is 0 Å². The fourth-order valence-corrected chi connectivity index (χ4v) is 2.51. The molecule has 1 aromatic carbocycles. The molecular formula is C11H16O4S. The number of methoxy groups -OCH3 is 1. The number of ether oxygens (including phenoxy) is 1. The first kappa shape index (κ1) is 13.0. The number of benzene rings is 1. The third-order valence-electron chi connectivity index (χ3n) is 2.46. The molecule has 0 atom stereocenters. The summed E-state index contributed by atoms with van der Waals surface area (Å²) in [5, 5.41) is 9.11. The molecular weight excluding hydrogens is 228 g/mol. The number of aliphatic hydroxyl groups excluding tert-OH is 1. The van der Waals surface area contributed by atoms with Crippen LogP contribution >= 0.6 is 0 Å². The Balaban J connectivity index is 3.28. The second-order valence-electron chi connectivity index (χ2n) is 4.10. The Morgan fingerprint density at radius 2 is 2.00 bits per heavy atom. The molecule has 1 rings (SSSR count). The van der Waals surface area contributed by atoms with Gasteiger partial charge in [0.15, 0.2) is 9.84 Å². The smallest absolute Gasteiger partial charge is 0.185 e. The van der Waals surface area contributed by atoms with Gasteiger partial charge in [-0.15, -0.1) is 0 Å². The lowest BCUT2D eigenvalue weighted by atomic mass is 10.2. The predicted octanol–water partition coefficient (Wildman–Crippen LogP) is 1.24. The van der Waals surface area contributed by atoms with Gasteiger partial charge in [-0.2, -0.15) is 0 Å². The van der Waals surface area contributed by atoms with E-state index in [-0.39, 0.29) is 4.90 Å². The molecule has 1 aromatic rings. The van der Waals surface area contributed by atoms with E-state index in [1.165, 1.54) is 33.1 Å². The van der Waals surface area contributed by atoms with Gasteiger partial charge in [0.05, 0.1) is 23.4 Å². The molecule has 1 N–H and O–H groups in total. The largest absolute Gasteiger partial charge is 0.497 e. The zero-order chi connectivity index (χ0) is 12.4. The first-order chi connectivity index (χ1) is 7.35. The van der Waals surface area contributed by atoms with Gasteiger partial charge >= 0.3 is 0 Å². The quantitative estimate of drug-likeness (QED) is 0.865. The highest BCUT2D eigenvalue weighted by Crippen LogP contribution is 2.27. The van der Waals surface area contributed by atoms with Crippen molar-refractivity contribution in [3.8, 4) is 5.75 Å². The number of aliphatic hydroxyl groups is 1. The zero-order valence-corrected chi connectivity index (χ0v) is 10.4. The van der Waals surface area contributed by atoms with Crippen LogP contribution < -0.4 is 4.74 Å². The highest BCUT2D eigenvalue weighted by molar-refractivity contribution is 7.92. The van der Waals surface area contributed by atoms with E-state index in [1.807, 2.05) is 0 Å². The molecule has 0 aliphatic heterocycles. The van der Waals surface area contributed by atoms with Gasteiger partial charge in [-0.05, 0) is 32.0 Å². The monoisotopic (exact) mass is 244 g/mol. The third kappa shape index (κ3) is 2.20. The van der Waals surface area contributed by atoms with Gasteiger partial charge in [0.25, 0.3) is 0 Å². The average Bonchev–Trinajstić information content (AvgIpc) is 2.28. The number of sulfone groups is 1. The van der Waals surface area contributed by atoms with Crippen molar-refractivity contribution in [1.82, 2.24) is 0 Å². The predicted molar refractivity (Wildman–Crippen MR) is 61.3 cm³/mol. The normalized spacial score (nSPS) is 12.5. The summed E-state index contributed by atoms with van der Waals surface area (Å²) in [5.74, 6) is 0.481. The van der Waals surface area contributed by atoms with Crippen LogP contribution in [-0.4, -0.2) is 32.0 Å². The summed E-state index contributed by atoms with van der Waals surface area (Å²) in [6.07, 6.45) is 0. The molecule has 0 saturated heterocycles. The molecule has 0 fully saturated rings. The maximum atomic E-state index is 12.1. The SMILES string of the molecule is COc1cccc(S(=O)(=O)C(C)(C)CO)c1. The second-order valence-corrected chi connectivity index (χ2v) is 6.68. The molecule has 0 radical (unpaired) electrons. The van der Waals surface area contributed by atoms with E-state index in [9.17, 15) is 8.42 Å². The van der Waals surface area contributed by atoms with Crippen LogP contribution in [-0.2, 0) is 9.84 Å². The van der Waals surface area contributed by atoms with Gasteiger partial charge in [-0.25, -0.2) is 8.42 Å². The van der Waals surface area contributed by atoms with Crippen LogP contribution in [0.4, 0.5) is 0 Å². The number of hydrogen-bond acceptors (Lipinski definition) is 4. The van der Waals surface area contributed by atoms with Crippen LogP contribution in [0.25, 0.3) is 0 Å². The topological polar surface area (TPSA) is 63.6 Å². The van der Waals surface area contributed by atoms with E-state index in [4.69, 9.17) is 9.84 Å². The fraction of sp³-hybridized carbons (Fsp3) is 0.455. The van der Waals surface area contributed by atoms with Gasteiger partial charge in [0, 0.05) is 0 Å². The van der Waals surface area contributed by atoms with Crippen LogP contribution in [0.5, 0.6) is 5.75 Å². The van der Waals surface area contributed by atoms with Crippen molar-refractivity contribution >= 4 is 9.84 Å². The van der Waals surface area contributed by atoms with Crippen molar-refractivity contribution in [3.63, 3.8) is 0 Å². The Labute approximate surface area is 95.8 Å². The molecule has 0 aliphatic rings. The van der Waals surface area contributed by atoms with E-state index in [0.717, 1.165) is 0 Å². The van der Waals surface area contributed by atoms with Crippen LogP contribution in [0.3, 0.4) is 0 Å². The van der Waals surface area contributed by atoms with Gasteiger partial charge in [-0.3, -0.25) is 0 Å². The Morgan fingerprint density at radius 1 is 1.38 bits per heavy atom. The summed E-state index contributed by atoms with van der Waals surface area (Å²) in [6.45, 7) is 2.55. The highest BCUT2D eigenvalue weighted by atomic mass is 32.2. The first-order valence-electron chi connectivity index (χ1n) is 4.85. The van der Waals surface area contributed by atoms with E-state index < -0.39 is 21.2 Å². The minimum Gasteiger partial charge on any atom is -0.497 e. The van der Waals surface area contributed by atoms with Gasteiger partial charge < -0.3 is 9.84 Å². The zero-order valence-electron chi connectivity index (χ0n) is 9.60. The molecule has 0 spiro atoms. The lowest BCUT2D eigenvalue weighted by Gasteiger charge is -2.22. The van der Waals surface area contributed by atoms with E-state index >= 15 is 0 Å². The first-order valence-corrected chi connectivity index (χ1v) is 6.33. The van der Waals surface area contributed by atoms with Gasteiger partial charge in [-0.1, -0.05) is 6.07 Å². The van der Waals surface area contributed by atoms with Crippen LogP contribution in [0.15, 0.2) is 29.2 Å². The van der Waals surface area contributed by atoms with E-state index in [0.29, 0.717) is 5.75 Å². The molecule has 0 bridgehead atoms.